The zero-order valence-electron chi connectivity index (χ0n) is 13.3. The summed E-state index contributed by atoms with van der Waals surface area (Å²) in [5.41, 5.74) is 1.50. The molecule has 0 aromatic heterocycles. The van der Waals surface area contributed by atoms with Crippen molar-refractivity contribution >= 4 is 16.3 Å². The molecule has 0 saturated heterocycles. The minimum atomic E-state index is -0.270. The first-order valence-electron chi connectivity index (χ1n) is 6.64. The average molecular weight is 278 g/mol. The summed E-state index contributed by atoms with van der Waals surface area (Å²) >= 11 is 0. The third-order valence-corrected chi connectivity index (χ3v) is 3.13. The Kier molecular flexibility index (Phi) is 6.20. The molecule has 0 saturated carbocycles. The quantitative estimate of drug-likeness (QED) is 0.598. The van der Waals surface area contributed by atoms with Gasteiger partial charge in [-0.25, -0.2) is 0 Å². The molecule has 0 radical (unpaired) electrons. The molecule has 0 unspecified atom stereocenters. The molecule has 0 spiro atoms. The monoisotopic (exact) mass is 278 g/mol. The zero-order valence-corrected chi connectivity index (χ0v) is 13.3. The average Bonchev–Trinajstić information content (AvgIpc) is 2.44. The Balaban J connectivity index is 0.00000220. The van der Waals surface area contributed by atoms with E-state index >= 15 is 0 Å². The van der Waals surface area contributed by atoms with Crippen molar-refractivity contribution < 1.29 is 33.4 Å². The molecule has 2 aromatic rings. The van der Waals surface area contributed by atoms with E-state index in [1.807, 2.05) is 50.2 Å². The third-order valence-electron chi connectivity index (χ3n) is 3.13. The molecule has 4 heteroatoms. The van der Waals surface area contributed by atoms with Crippen molar-refractivity contribution in [3.05, 3.63) is 47.9 Å². The maximum Gasteiger partial charge on any atom is 1.00 e. The van der Waals surface area contributed by atoms with Crippen LogP contribution >= 0.6 is 0 Å². The fourth-order valence-corrected chi connectivity index (χ4v) is 2.00. The molecule has 0 aliphatic carbocycles. The van der Waals surface area contributed by atoms with Crippen LogP contribution in [0.3, 0.4) is 0 Å². The van der Waals surface area contributed by atoms with E-state index in [-0.39, 0.29) is 30.9 Å². The minimum Gasteiger partial charge on any atom is -0.610 e. The number of fused-ring (bicyclic) bond motifs is 1. The summed E-state index contributed by atoms with van der Waals surface area (Å²) in [6.07, 6.45) is -0.109. The molecular weight excluding hydrogens is 259 g/mol. The predicted octanol–water partition coefficient (Wildman–Crippen LogP) is 0.326. The first-order chi connectivity index (χ1) is 9.51. The molecule has 0 aliphatic rings. The summed E-state index contributed by atoms with van der Waals surface area (Å²) < 4.78 is 10.4. The number of allylic oxidation sites excluding steroid dienone is 1. The number of rotatable bonds is 4. The van der Waals surface area contributed by atoms with Crippen LogP contribution in [-0.4, -0.2) is 13.2 Å². The van der Waals surface area contributed by atoms with Gasteiger partial charge < -0.3 is 14.6 Å². The third kappa shape index (κ3) is 4.20. The number of hydrogen-bond acceptors (Lipinski definition) is 3. The van der Waals surface area contributed by atoms with Crippen LogP contribution in [0, 0.1) is 0 Å². The standard InChI is InChI=1S/C17H20O3.Li/c1-11(2)20-17(18)12(3)13-5-6-15-10-16(19-4)8-7-14(15)9-13;/h5-11,18H,1-4H3;/q;+1/p-1/b17-12-;. The number of hydrogen-bond donors (Lipinski definition) is 0. The van der Waals surface area contributed by atoms with Gasteiger partial charge in [0.15, 0.2) is 0 Å². The van der Waals surface area contributed by atoms with Crippen LogP contribution in [0.15, 0.2) is 42.3 Å². The van der Waals surface area contributed by atoms with Crippen molar-refractivity contribution in [2.45, 2.75) is 26.9 Å². The van der Waals surface area contributed by atoms with Crippen LogP contribution in [0.25, 0.3) is 16.3 Å². The number of methoxy groups -OCH3 is 1. The Morgan fingerprint density at radius 2 is 1.67 bits per heavy atom. The molecule has 0 atom stereocenters. The fourth-order valence-electron chi connectivity index (χ4n) is 2.00. The van der Waals surface area contributed by atoms with Crippen molar-refractivity contribution in [3.63, 3.8) is 0 Å². The summed E-state index contributed by atoms with van der Waals surface area (Å²) in [5.74, 6) is 0.554. The van der Waals surface area contributed by atoms with Crippen LogP contribution in [0.5, 0.6) is 5.75 Å². The molecule has 21 heavy (non-hydrogen) atoms. The number of benzene rings is 2. The van der Waals surface area contributed by atoms with Gasteiger partial charge in [0, 0.05) is 0 Å². The molecule has 3 nitrogen and oxygen atoms in total. The summed E-state index contributed by atoms with van der Waals surface area (Å²) in [6, 6.07) is 11.8. The second kappa shape index (κ2) is 7.45. The van der Waals surface area contributed by atoms with Crippen LogP contribution in [-0.2, 0) is 4.74 Å². The van der Waals surface area contributed by atoms with Gasteiger partial charge in [0.25, 0.3) is 0 Å². The van der Waals surface area contributed by atoms with Crippen LogP contribution < -0.4 is 28.7 Å². The van der Waals surface area contributed by atoms with Crippen LogP contribution in [0.1, 0.15) is 26.3 Å². The van der Waals surface area contributed by atoms with Gasteiger partial charge in [0.1, 0.15) is 5.75 Å². The van der Waals surface area contributed by atoms with Crippen molar-refractivity contribution in [2.24, 2.45) is 0 Å². The molecule has 2 aromatic carbocycles. The van der Waals surface area contributed by atoms with Gasteiger partial charge in [-0.05, 0) is 53.1 Å². The van der Waals surface area contributed by atoms with E-state index in [9.17, 15) is 5.11 Å². The predicted molar refractivity (Wildman–Crippen MR) is 79.3 cm³/mol. The van der Waals surface area contributed by atoms with Gasteiger partial charge in [-0.3, -0.25) is 0 Å². The van der Waals surface area contributed by atoms with Crippen LogP contribution in [0.2, 0.25) is 0 Å². The van der Waals surface area contributed by atoms with Gasteiger partial charge in [-0.1, -0.05) is 32.0 Å². The molecular formula is C17H19LiO3. The maximum absolute atomic E-state index is 11.9. The molecule has 2 rings (SSSR count). The zero-order chi connectivity index (χ0) is 14.7. The Morgan fingerprint density at radius 1 is 1.05 bits per heavy atom. The van der Waals surface area contributed by atoms with Gasteiger partial charge in [0.05, 0.1) is 13.1 Å². The molecule has 0 N–H and O–H groups in total. The van der Waals surface area contributed by atoms with E-state index in [4.69, 9.17) is 9.47 Å². The van der Waals surface area contributed by atoms with E-state index < -0.39 is 0 Å². The minimum absolute atomic E-state index is 0. The smallest absolute Gasteiger partial charge is 0.610 e. The van der Waals surface area contributed by atoms with E-state index in [2.05, 4.69) is 0 Å². The Bertz CT molecular complexity index is 648. The van der Waals surface area contributed by atoms with Crippen LogP contribution in [0.4, 0.5) is 0 Å². The van der Waals surface area contributed by atoms with Crippen molar-refractivity contribution in [1.82, 2.24) is 0 Å². The van der Waals surface area contributed by atoms with Crippen molar-refractivity contribution in [2.75, 3.05) is 7.11 Å². The normalized spacial score (nSPS) is 11.9. The first-order valence-corrected chi connectivity index (χ1v) is 6.64. The molecule has 106 valence electrons. The SMILES string of the molecule is COc1ccc2cc(/C(C)=C(/[O-])OC(C)C)ccc2c1.[Li+]. The Labute approximate surface area is 137 Å². The van der Waals surface area contributed by atoms with E-state index in [1.165, 1.54) is 0 Å². The maximum atomic E-state index is 11.9. The van der Waals surface area contributed by atoms with E-state index in [1.54, 1.807) is 14.0 Å². The van der Waals surface area contributed by atoms with E-state index in [0.29, 0.717) is 5.57 Å². The van der Waals surface area contributed by atoms with Crippen molar-refractivity contribution in [1.29, 1.82) is 0 Å². The molecule has 0 fully saturated rings. The second-order valence-electron chi connectivity index (χ2n) is 5.01. The molecule has 0 aliphatic heterocycles. The largest absolute Gasteiger partial charge is 1.00 e. The Morgan fingerprint density at radius 3 is 2.29 bits per heavy atom. The molecule has 0 bridgehead atoms. The van der Waals surface area contributed by atoms with Gasteiger partial charge in [0.2, 0.25) is 0 Å². The topological polar surface area (TPSA) is 41.5 Å². The number of ether oxygens (including phenoxy) is 2. The summed E-state index contributed by atoms with van der Waals surface area (Å²) in [5, 5.41) is 14.1. The summed E-state index contributed by atoms with van der Waals surface area (Å²) in [6.45, 7) is 5.48. The van der Waals surface area contributed by atoms with Gasteiger partial charge in [-0.15, -0.1) is 0 Å². The fraction of sp³-hybridized carbons (Fsp3) is 0.294. The molecule has 0 amide bonds. The summed E-state index contributed by atoms with van der Waals surface area (Å²) in [7, 11) is 1.65. The molecule has 0 heterocycles. The van der Waals surface area contributed by atoms with Gasteiger partial charge >= 0.3 is 18.9 Å². The second-order valence-corrected chi connectivity index (χ2v) is 5.01. The first kappa shape index (κ1) is 17.5. The Hall–Kier alpha value is -1.56. The van der Waals surface area contributed by atoms with Crippen molar-refractivity contribution in [3.8, 4) is 5.75 Å². The van der Waals surface area contributed by atoms with E-state index in [0.717, 1.165) is 22.1 Å². The summed E-state index contributed by atoms with van der Waals surface area (Å²) in [4.78, 5) is 0. The van der Waals surface area contributed by atoms with Gasteiger partial charge in [-0.2, -0.15) is 0 Å².